The lowest BCUT2D eigenvalue weighted by Crippen LogP contribution is -2.40. The number of carbonyl (C=O) groups excluding carboxylic acids is 1. The summed E-state index contributed by atoms with van der Waals surface area (Å²) in [4.78, 5) is 12.0. The molecule has 4 heteroatoms. The molecule has 18 heavy (non-hydrogen) atoms. The van der Waals surface area contributed by atoms with Crippen molar-refractivity contribution in [2.45, 2.75) is 39.5 Å². The van der Waals surface area contributed by atoms with Gasteiger partial charge >= 0.3 is 0 Å². The second kappa shape index (κ2) is 8.48. The minimum absolute atomic E-state index is 0.181. The van der Waals surface area contributed by atoms with Crippen LogP contribution < -0.4 is 10.6 Å². The third-order valence-corrected chi connectivity index (χ3v) is 3.62. The maximum atomic E-state index is 12.0. The van der Waals surface area contributed by atoms with Crippen LogP contribution >= 0.6 is 0 Å². The first-order chi connectivity index (χ1) is 8.63. The molecule has 0 saturated carbocycles. The van der Waals surface area contributed by atoms with E-state index in [9.17, 15) is 4.79 Å². The fourth-order valence-electron chi connectivity index (χ4n) is 2.63. The summed E-state index contributed by atoms with van der Waals surface area (Å²) < 4.78 is 0. The van der Waals surface area contributed by atoms with E-state index in [0.29, 0.717) is 18.4 Å². The number of aliphatic hydroxyl groups is 1. The zero-order chi connectivity index (χ0) is 13.4. The van der Waals surface area contributed by atoms with Gasteiger partial charge in [-0.15, -0.1) is 0 Å². The van der Waals surface area contributed by atoms with Crippen LogP contribution in [0.1, 0.15) is 39.5 Å². The number of aliphatic hydroxyl groups excluding tert-OH is 1. The van der Waals surface area contributed by atoms with Crippen molar-refractivity contribution in [2.24, 2.45) is 17.8 Å². The van der Waals surface area contributed by atoms with Gasteiger partial charge in [0.1, 0.15) is 0 Å². The highest BCUT2D eigenvalue weighted by Gasteiger charge is 2.21. The molecule has 3 N–H and O–H groups in total. The van der Waals surface area contributed by atoms with Crippen LogP contribution in [0, 0.1) is 17.8 Å². The molecule has 0 bridgehead atoms. The normalized spacial score (nSPS) is 18.9. The largest absolute Gasteiger partial charge is 0.396 e. The van der Waals surface area contributed by atoms with E-state index in [0.717, 1.165) is 38.8 Å². The molecule has 1 aliphatic heterocycles. The van der Waals surface area contributed by atoms with Gasteiger partial charge < -0.3 is 15.7 Å². The average molecular weight is 256 g/mol. The highest BCUT2D eigenvalue weighted by molar-refractivity contribution is 5.78. The van der Waals surface area contributed by atoms with Gasteiger partial charge in [-0.2, -0.15) is 0 Å². The Hall–Kier alpha value is -0.610. The fraction of sp³-hybridized carbons (Fsp3) is 0.929. The van der Waals surface area contributed by atoms with Crippen molar-refractivity contribution >= 4 is 5.91 Å². The monoisotopic (exact) mass is 256 g/mol. The number of carbonyl (C=O) groups is 1. The highest BCUT2D eigenvalue weighted by Crippen LogP contribution is 2.16. The van der Waals surface area contributed by atoms with Crippen molar-refractivity contribution in [2.75, 3.05) is 26.2 Å². The topological polar surface area (TPSA) is 61.4 Å². The van der Waals surface area contributed by atoms with E-state index >= 15 is 0 Å². The minimum atomic E-state index is 0.181. The summed E-state index contributed by atoms with van der Waals surface area (Å²) in [5.41, 5.74) is 0. The number of amides is 1. The summed E-state index contributed by atoms with van der Waals surface area (Å²) in [5, 5.41) is 15.4. The van der Waals surface area contributed by atoms with Crippen molar-refractivity contribution in [3.8, 4) is 0 Å². The van der Waals surface area contributed by atoms with E-state index < -0.39 is 0 Å². The van der Waals surface area contributed by atoms with Crippen LogP contribution in [-0.4, -0.2) is 37.3 Å². The van der Waals surface area contributed by atoms with Gasteiger partial charge in [-0.05, 0) is 50.6 Å². The summed E-state index contributed by atoms with van der Waals surface area (Å²) in [6, 6.07) is 0. The van der Waals surface area contributed by atoms with Gasteiger partial charge in [0.05, 0.1) is 0 Å². The van der Waals surface area contributed by atoms with Crippen molar-refractivity contribution in [1.29, 1.82) is 0 Å². The Morgan fingerprint density at radius 2 is 2.06 bits per heavy atom. The zero-order valence-corrected chi connectivity index (χ0v) is 11.7. The van der Waals surface area contributed by atoms with E-state index in [-0.39, 0.29) is 18.4 Å². The van der Waals surface area contributed by atoms with E-state index in [1.54, 1.807) is 0 Å². The van der Waals surface area contributed by atoms with Gasteiger partial charge in [-0.1, -0.05) is 13.8 Å². The lowest BCUT2D eigenvalue weighted by Gasteiger charge is -2.24. The Morgan fingerprint density at radius 1 is 1.39 bits per heavy atom. The van der Waals surface area contributed by atoms with Gasteiger partial charge in [-0.3, -0.25) is 4.79 Å². The lowest BCUT2D eigenvalue weighted by atomic mass is 9.93. The molecule has 1 atom stereocenters. The van der Waals surface area contributed by atoms with Crippen molar-refractivity contribution in [1.82, 2.24) is 10.6 Å². The van der Waals surface area contributed by atoms with Crippen LogP contribution in [-0.2, 0) is 4.79 Å². The van der Waals surface area contributed by atoms with Gasteiger partial charge in [0.15, 0.2) is 0 Å². The maximum Gasteiger partial charge on any atom is 0.223 e. The third-order valence-electron chi connectivity index (χ3n) is 3.62. The van der Waals surface area contributed by atoms with E-state index in [1.807, 2.05) is 0 Å². The Morgan fingerprint density at radius 3 is 2.61 bits per heavy atom. The first-order valence-corrected chi connectivity index (χ1v) is 7.22. The molecule has 1 aliphatic rings. The van der Waals surface area contributed by atoms with E-state index in [4.69, 9.17) is 5.11 Å². The summed E-state index contributed by atoms with van der Waals surface area (Å²) >= 11 is 0. The molecular formula is C14H28N2O2. The molecule has 1 rings (SSSR count). The zero-order valence-electron chi connectivity index (χ0n) is 11.7. The standard InChI is InChI=1S/C14H28N2O2/c1-11(2)9-12(5-8-17)10-16-14(18)13-3-6-15-7-4-13/h11-13,15,17H,3-10H2,1-2H3,(H,16,18). The molecule has 0 aromatic heterocycles. The number of hydrogen-bond donors (Lipinski definition) is 3. The summed E-state index contributed by atoms with van der Waals surface area (Å²) in [6.07, 6.45) is 3.74. The number of hydrogen-bond acceptors (Lipinski definition) is 3. The van der Waals surface area contributed by atoms with Crippen LogP contribution in [0.5, 0.6) is 0 Å². The predicted molar refractivity (Wildman–Crippen MR) is 73.3 cm³/mol. The summed E-state index contributed by atoms with van der Waals surface area (Å²) in [6.45, 7) is 7.18. The van der Waals surface area contributed by atoms with Crippen LogP contribution in [0.3, 0.4) is 0 Å². The molecular weight excluding hydrogens is 228 g/mol. The first-order valence-electron chi connectivity index (χ1n) is 7.22. The highest BCUT2D eigenvalue weighted by atomic mass is 16.3. The van der Waals surface area contributed by atoms with Crippen molar-refractivity contribution < 1.29 is 9.90 Å². The molecule has 0 radical (unpaired) electrons. The molecule has 0 aliphatic carbocycles. The van der Waals surface area contributed by atoms with Crippen molar-refractivity contribution in [3.05, 3.63) is 0 Å². The molecule has 0 spiro atoms. The second-order valence-corrected chi connectivity index (χ2v) is 5.78. The van der Waals surface area contributed by atoms with E-state index in [1.165, 1.54) is 0 Å². The maximum absolute atomic E-state index is 12.0. The second-order valence-electron chi connectivity index (χ2n) is 5.78. The molecule has 0 aromatic carbocycles. The van der Waals surface area contributed by atoms with Gasteiger partial charge in [0.2, 0.25) is 5.91 Å². The molecule has 4 nitrogen and oxygen atoms in total. The van der Waals surface area contributed by atoms with Crippen molar-refractivity contribution in [3.63, 3.8) is 0 Å². The van der Waals surface area contributed by atoms with Crippen LogP contribution in [0.2, 0.25) is 0 Å². The van der Waals surface area contributed by atoms with E-state index in [2.05, 4.69) is 24.5 Å². The molecule has 1 fully saturated rings. The Kier molecular flexibility index (Phi) is 7.28. The molecule has 0 aromatic rings. The first kappa shape index (κ1) is 15.4. The SMILES string of the molecule is CC(C)CC(CCO)CNC(=O)C1CCNCC1. The molecule has 1 amide bonds. The number of nitrogens with one attached hydrogen (secondary N) is 2. The van der Waals surface area contributed by atoms with Gasteiger partial charge in [0.25, 0.3) is 0 Å². The smallest absolute Gasteiger partial charge is 0.223 e. The number of piperidine rings is 1. The fourth-order valence-corrected chi connectivity index (χ4v) is 2.63. The quantitative estimate of drug-likeness (QED) is 0.640. The minimum Gasteiger partial charge on any atom is -0.396 e. The lowest BCUT2D eigenvalue weighted by molar-refractivity contribution is -0.126. The summed E-state index contributed by atoms with van der Waals surface area (Å²) in [7, 11) is 0. The third kappa shape index (κ3) is 5.83. The molecule has 106 valence electrons. The number of rotatable bonds is 7. The Balaban J connectivity index is 2.28. The molecule has 1 saturated heterocycles. The predicted octanol–water partition coefficient (Wildman–Crippen LogP) is 1.15. The molecule has 1 heterocycles. The molecule has 1 unspecified atom stereocenters. The average Bonchev–Trinajstić information content (AvgIpc) is 2.36. The Labute approximate surface area is 111 Å². The summed E-state index contributed by atoms with van der Waals surface area (Å²) in [5.74, 6) is 1.39. The van der Waals surface area contributed by atoms with Crippen LogP contribution in [0.25, 0.3) is 0 Å². The van der Waals surface area contributed by atoms with Crippen LogP contribution in [0.15, 0.2) is 0 Å². The van der Waals surface area contributed by atoms with Gasteiger partial charge in [0, 0.05) is 19.1 Å². The van der Waals surface area contributed by atoms with Gasteiger partial charge in [-0.25, -0.2) is 0 Å². The van der Waals surface area contributed by atoms with Crippen LogP contribution in [0.4, 0.5) is 0 Å². The Bertz CT molecular complexity index is 238.